The second kappa shape index (κ2) is 9.88. The molecule has 0 aliphatic rings. The molecular formula is C14H19BrO5. The molecule has 0 aliphatic heterocycles. The molecule has 20 heavy (non-hydrogen) atoms. The van der Waals surface area contributed by atoms with Crippen molar-refractivity contribution < 1.29 is 24.1 Å². The fourth-order valence-electron chi connectivity index (χ4n) is 1.49. The molecule has 0 unspecified atom stereocenters. The zero-order valence-electron chi connectivity index (χ0n) is 11.4. The first-order valence-electron chi connectivity index (χ1n) is 6.31. The molecule has 0 aliphatic carbocycles. The van der Waals surface area contributed by atoms with E-state index in [0.29, 0.717) is 33.0 Å². The SMILES string of the molecule is COCCOCCCOCc1ccc(C(=O)O)cc1Br. The molecule has 0 saturated heterocycles. The zero-order valence-corrected chi connectivity index (χ0v) is 13.0. The van der Waals surface area contributed by atoms with Gasteiger partial charge in [-0.15, -0.1) is 0 Å². The molecule has 1 aromatic rings. The average molecular weight is 347 g/mol. The summed E-state index contributed by atoms with van der Waals surface area (Å²) < 4.78 is 16.4. The molecule has 1 rings (SSSR count). The van der Waals surface area contributed by atoms with Crippen LogP contribution < -0.4 is 0 Å². The van der Waals surface area contributed by atoms with Gasteiger partial charge >= 0.3 is 5.97 Å². The summed E-state index contributed by atoms with van der Waals surface area (Å²) in [6.45, 7) is 2.88. The first-order valence-corrected chi connectivity index (χ1v) is 7.10. The summed E-state index contributed by atoms with van der Waals surface area (Å²) in [4.78, 5) is 10.8. The first kappa shape index (κ1) is 17.1. The Morgan fingerprint density at radius 2 is 1.95 bits per heavy atom. The van der Waals surface area contributed by atoms with Crippen LogP contribution in [-0.2, 0) is 20.8 Å². The largest absolute Gasteiger partial charge is 0.478 e. The summed E-state index contributed by atoms with van der Waals surface area (Å²) in [7, 11) is 1.64. The van der Waals surface area contributed by atoms with Crippen LogP contribution in [0.1, 0.15) is 22.3 Å². The van der Waals surface area contributed by atoms with Gasteiger partial charge in [0.05, 0.1) is 25.4 Å². The van der Waals surface area contributed by atoms with Gasteiger partial charge in [-0.05, 0) is 24.1 Å². The monoisotopic (exact) mass is 346 g/mol. The van der Waals surface area contributed by atoms with Crippen molar-refractivity contribution in [2.24, 2.45) is 0 Å². The van der Waals surface area contributed by atoms with Crippen molar-refractivity contribution >= 4 is 21.9 Å². The summed E-state index contributed by atoms with van der Waals surface area (Å²) in [6.07, 6.45) is 0.814. The van der Waals surface area contributed by atoms with Gasteiger partial charge in [0.15, 0.2) is 0 Å². The molecule has 5 nitrogen and oxygen atoms in total. The minimum atomic E-state index is -0.939. The number of hydrogen-bond donors (Lipinski definition) is 1. The number of ether oxygens (including phenoxy) is 3. The number of carbonyl (C=O) groups is 1. The molecule has 0 radical (unpaired) electrons. The third kappa shape index (κ3) is 6.47. The number of hydrogen-bond acceptors (Lipinski definition) is 4. The molecule has 0 atom stereocenters. The van der Waals surface area contributed by atoms with Crippen molar-refractivity contribution in [2.45, 2.75) is 13.0 Å². The van der Waals surface area contributed by atoms with Crippen LogP contribution in [0.25, 0.3) is 0 Å². The molecule has 0 bridgehead atoms. The van der Waals surface area contributed by atoms with E-state index in [-0.39, 0.29) is 5.56 Å². The van der Waals surface area contributed by atoms with Gasteiger partial charge in [-0.25, -0.2) is 4.79 Å². The predicted molar refractivity (Wildman–Crippen MR) is 78.1 cm³/mol. The highest BCUT2D eigenvalue weighted by Crippen LogP contribution is 2.19. The smallest absolute Gasteiger partial charge is 0.335 e. The lowest BCUT2D eigenvalue weighted by Gasteiger charge is -2.07. The molecule has 0 saturated carbocycles. The molecule has 1 N–H and O–H groups in total. The van der Waals surface area contributed by atoms with E-state index in [1.54, 1.807) is 25.3 Å². The van der Waals surface area contributed by atoms with Crippen molar-refractivity contribution in [3.63, 3.8) is 0 Å². The van der Waals surface area contributed by atoms with Gasteiger partial charge in [-0.2, -0.15) is 0 Å². The van der Waals surface area contributed by atoms with Crippen LogP contribution in [0.2, 0.25) is 0 Å². The lowest BCUT2D eigenvalue weighted by atomic mass is 10.1. The molecule has 1 aromatic carbocycles. The highest BCUT2D eigenvalue weighted by Gasteiger charge is 2.06. The van der Waals surface area contributed by atoms with E-state index >= 15 is 0 Å². The van der Waals surface area contributed by atoms with Gasteiger partial charge in [0.2, 0.25) is 0 Å². The van der Waals surface area contributed by atoms with Gasteiger partial charge in [0.1, 0.15) is 0 Å². The fourth-order valence-corrected chi connectivity index (χ4v) is 1.98. The number of methoxy groups -OCH3 is 1. The van der Waals surface area contributed by atoms with Crippen molar-refractivity contribution in [3.8, 4) is 0 Å². The maximum absolute atomic E-state index is 10.8. The fraction of sp³-hybridized carbons (Fsp3) is 0.500. The molecule has 112 valence electrons. The number of aromatic carboxylic acids is 1. The zero-order chi connectivity index (χ0) is 14.8. The summed E-state index contributed by atoms with van der Waals surface area (Å²) in [5.41, 5.74) is 1.18. The van der Waals surface area contributed by atoms with Gasteiger partial charge < -0.3 is 19.3 Å². The van der Waals surface area contributed by atoms with E-state index in [2.05, 4.69) is 15.9 Å². The van der Waals surface area contributed by atoms with E-state index in [1.807, 2.05) is 0 Å². The minimum absolute atomic E-state index is 0.257. The van der Waals surface area contributed by atoms with E-state index in [0.717, 1.165) is 16.5 Å². The molecule has 6 heteroatoms. The number of carboxylic acid groups (broad SMARTS) is 1. The van der Waals surface area contributed by atoms with Crippen LogP contribution in [0.4, 0.5) is 0 Å². The van der Waals surface area contributed by atoms with E-state index in [9.17, 15) is 4.79 Å². The normalized spacial score (nSPS) is 10.7. The second-order valence-electron chi connectivity index (χ2n) is 4.12. The Hall–Kier alpha value is -0.950. The minimum Gasteiger partial charge on any atom is -0.478 e. The summed E-state index contributed by atoms with van der Waals surface area (Å²) in [5.74, 6) is -0.939. The Bertz CT molecular complexity index is 422. The van der Waals surface area contributed by atoms with E-state index < -0.39 is 5.97 Å². The Labute approximate surface area is 127 Å². The van der Waals surface area contributed by atoms with Crippen molar-refractivity contribution in [3.05, 3.63) is 33.8 Å². The standard InChI is InChI=1S/C14H19BrO5/c1-18-7-8-19-5-2-6-20-10-12-4-3-11(14(16)17)9-13(12)15/h3-4,9H,2,5-8,10H2,1H3,(H,16,17). The molecule has 0 spiro atoms. The van der Waals surface area contributed by atoms with Crippen LogP contribution in [0.5, 0.6) is 0 Å². The lowest BCUT2D eigenvalue weighted by molar-refractivity contribution is 0.0482. The van der Waals surface area contributed by atoms with Crippen LogP contribution in [0.3, 0.4) is 0 Å². The third-order valence-corrected chi connectivity index (χ3v) is 3.30. The van der Waals surface area contributed by atoms with Crippen molar-refractivity contribution in [1.82, 2.24) is 0 Å². The van der Waals surface area contributed by atoms with Crippen LogP contribution in [0, 0.1) is 0 Å². The predicted octanol–water partition coefficient (Wildman–Crippen LogP) is 2.72. The maximum atomic E-state index is 10.8. The number of benzene rings is 1. The molecule has 0 amide bonds. The topological polar surface area (TPSA) is 65.0 Å². The first-order chi connectivity index (χ1) is 9.65. The van der Waals surface area contributed by atoms with E-state index in [1.165, 1.54) is 0 Å². The molecule has 0 heterocycles. The molecule has 0 fully saturated rings. The van der Waals surface area contributed by atoms with Crippen LogP contribution in [-0.4, -0.2) is 44.6 Å². The maximum Gasteiger partial charge on any atom is 0.335 e. The van der Waals surface area contributed by atoms with Crippen LogP contribution in [0.15, 0.2) is 22.7 Å². The quantitative estimate of drug-likeness (QED) is 0.660. The summed E-state index contributed by atoms with van der Waals surface area (Å²) in [6, 6.07) is 4.90. The van der Waals surface area contributed by atoms with Gasteiger partial charge in [0.25, 0.3) is 0 Å². The van der Waals surface area contributed by atoms with Crippen molar-refractivity contribution in [1.29, 1.82) is 0 Å². The third-order valence-electron chi connectivity index (χ3n) is 2.57. The lowest BCUT2D eigenvalue weighted by Crippen LogP contribution is -2.06. The second-order valence-corrected chi connectivity index (χ2v) is 4.98. The highest BCUT2D eigenvalue weighted by atomic mass is 79.9. The average Bonchev–Trinajstić information content (AvgIpc) is 2.43. The summed E-state index contributed by atoms with van der Waals surface area (Å²) in [5, 5.41) is 8.86. The number of carboxylic acids is 1. The Morgan fingerprint density at radius 1 is 1.20 bits per heavy atom. The van der Waals surface area contributed by atoms with E-state index in [4.69, 9.17) is 19.3 Å². The highest BCUT2D eigenvalue weighted by molar-refractivity contribution is 9.10. The van der Waals surface area contributed by atoms with Crippen LogP contribution >= 0.6 is 15.9 Å². The molecular weight excluding hydrogens is 328 g/mol. The summed E-state index contributed by atoms with van der Waals surface area (Å²) >= 11 is 3.34. The van der Waals surface area contributed by atoms with Crippen molar-refractivity contribution in [2.75, 3.05) is 33.5 Å². The number of halogens is 1. The van der Waals surface area contributed by atoms with Gasteiger partial charge in [-0.3, -0.25) is 0 Å². The number of rotatable bonds is 10. The Kier molecular flexibility index (Phi) is 8.45. The Balaban J connectivity index is 2.20. The Morgan fingerprint density at radius 3 is 2.60 bits per heavy atom. The van der Waals surface area contributed by atoms with Gasteiger partial charge in [0, 0.05) is 24.8 Å². The van der Waals surface area contributed by atoms with Gasteiger partial charge in [-0.1, -0.05) is 22.0 Å². The molecule has 0 aromatic heterocycles.